The molecule has 0 aromatic heterocycles. The third-order valence-corrected chi connectivity index (χ3v) is 7.18. The standard InChI is InChI=1S/C15H26N3O4S/c16-14(20)15-4-1-2-12(3-5-15)18(15)11-13(19)10-17-6-8-23(21,22)9-7-17/h1,12-13,19H,2-11H2,(H2,16,20)/t12-,13?,15+/m1/s1. The Bertz CT molecular complexity index is 549. The van der Waals surface area contributed by atoms with Gasteiger partial charge in [-0.05, 0) is 32.1 Å². The van der Waals surface area contributed by atoms with Crippen LogP contribution in [-0.2, 0) is 14.6 Å². The van der Waals surface area contributed by atoms with Crippen LogP contribution in [0.1, 0.15) is 25.7 Å². The van der Waals surface area contributed by atoms with E-state index in [9.17, 15) is 18.3 Å². The van der Waals surface area contributed by atoms with Gasteiger partial charge in [-0.2, -0.15) is 0 Å². The fourth-order valence-corrected chi connectivity index (χ4v) is 5.51. The van der Waals surface area contributed by atoms with Gasteiger partial charge in [-0.3, -0.25) is 14.6 Å². The van der Waals surface area contributed by atoms with Crippen LogP contribution in [0.15, 0.2) is 0 Å². The van der Waals surface area contributed by atoms with E-state index in [2.05, 4.69) is 11.3 Å². The molecule has 1 amide bonds. The monoisotopic (exact) mass is 344 g/mol. The molecule has 0 saturated carbocycles. The Morgan fingerprint density at radius 1 is 1.35 bits per heavy atom. The first-order chi connectivity index (χ1) is 10.8. The van der Waals surface area contributed by atoms with Crippen molar-refractivity contribution >= 4 is 15.7 Å². The molecular weight excluding hydrogens is 318 g/mol. The molecule has 8 heteroatoms. The number of carbonyl (C=O) groups excluding carboxylic acids is 1. The number of amides is 1. The Balaban J connectivity index is 1.59. The van der Waals surface area contributed by atoms with Crippen molar-refractivity contribution in [2.45, 2.75) is 43.4 Å². The average molecular weight is 344 g/mol. The lowest BCUT2D eigenvalue weighted by Gasteiger charge is -2.44. The van der Waals surface area contributed by atoms with Crippen LogP contribution < -0.4 is 5.73 Å². The van der Waals surface area contributed by atoms with E-state index in [0.29, 0.717) is 32.6 Å². The molecular formula is C15H26N3O4S. The van der Waals surface area contributed by atoms with E-state index < -0.39 is 21.5 Å². The number of sulfone groups is 1. The molecule has 0 aromatic rings. The number of piperidine rings is 1. The highest BCUT2D eigenvalue weighted by atomic mass is 32.2. The van der Waals surface area contributed by atoms with Gasteiger partial charge in [0.15, 0.2) is 9.84 Å². The molecule has 3 rings (SSSR count). The third kappa shape index (κ3) is 3.40. The minimum atomic E-state index is -2.91. The second kappa shape index (κ2) is 6.31. The first kappa shape index (κ1) is 17.1. The summed E-state index contributed by atoms with van der Waals surface area (Å²) in [6.07, 6.45) is 4.83. The van der Waals surface area contributed by atoms with Gasteiger partial charge in [0.05, 0.1) is 17.6 Å². The summed E-state index contributed by atoms with van der Waals surface area (Å²) in [4.78, 5) is 16.1. The highest BCUT2D eigenvalue weighted by Crippen LogP contribution is 2.43. The lowest BCUT2D eigenvalue weighted by molar-refractivity contribution is -0.131. The van der Waals surface area contributed by atoms with Crippen LogP contribution in [0.25, 0.3) is 0 Å². The van der Waals surface area contributed by atoms with Crippen molar-refractivity contribution in [3.63, 3.8) is 0 Å². The lowest BCUT2D eigenvalue weighted by Crippen LogP contribution is -2.60. The predicted octanol–water partition coefficient (Wildman–Crippen LogP) is -1.24. The number of fused-ring (bicyclic) bond motifs is 2. The molecule has 1 radical (unpaired) electrons. The maximum absolute atomic E-state index is 12.0. The minimum Gasteiger partial charge on any atom is -0.390 e. The Labute approximate surface area is 137 Å². The van der Waals surface area contributed by atoms with Gasteiger partial charge in [-0.25, -0.2) is 8.42 Å². The van der Waals surface area contributed by atoms with Gasteiger partial charge in [0, 0.05) is 32.2 Å². The van der Waals surface area contributed by atoms with E-state index >= 15 is 0 Å². The van der Waals surface area contributed by atoms with Crippen LogP contribution in [0.4, 0.5) is 0 Å². The Hall–Kier alpha value is -0.700. The number of nitrogens with zero attached hydrogens (tertiary/aromatic N) is 2. The van der Waals surface area contributed by atoms with Gasteiger partial charge in [0.2, 0.25) is 5.91 Å². The van der Waals surface area contributed by atoms with Crippen LogP contribution in [0.3, 0.4) is 0 Å². The van der Waals surface area contributed by atoms with Gasteiger partial charge in [-0.1, -0.05) is 0 Å². The molecule has 3 aliphatic heterocycles. The van der Waals surface area contributed by atoms with E-state index in [-0.39, 0.29) is 23.5 Å². The van der Waals surface area contributed by atoms with E-state index in [0.717, 1.165) is 19.3 Å². The molecule has 3 N–H and O–H groups in total. The van der Waals surface area contributed by atoms with Crippen molar-refractivity contribution in [3.8, 4) is 0 Å². The number of aliphatic hydroxyl groups is 1. The zero-order valence-electron chi connectivity index (χ0n) is 13.4. The fraction of sp³-hybridized carbons (Fsp3) is 0.867. The molecule has 7 nitrogen and oxygen atoms in total. The molecule has 3 aliphatic rings. The van der Waals surface area contributed by atoms with Gasteiger partial charge < -0.3 is 10.8 Å². The van der Waals surface area contributed by atoms with Crippen LogP contribution in [0, 0.1) is 6.42 Å². The normalized spacial score (nSPS) is 36.0. The second-order valence-corrected chi connectivity index (χ2v) is 9.38. The SMILES string of the molecule is NC(=O)[C@]12C[CH]C[C@H](CC1)N2CC(O)CN1CCS(=O)(=O)CC1. The van der Waals surface area contributed by atoms with E-state index in [1.807, 2.05) is 4.90 Å². The van der Waals surface area contributed by atoms with Gasteiger partial charge in [0.1, 0.15) is 5.54 Å². The lowest BCUT2D eigenvalue weighted by atomic mass is 9.87. The van der Waals surface area contributed by atoms with Crippen LogP contribution in [0.2, 0.25) is 0 Å². The third-order valence-electron chi connectivity index (χ3n) is 5.57. The predicted molar refractivity (Wildman–Crippen MR) is 86.3 cm³/mol. The van der Waals surface area contributed by atoms with Crippen molar-refractivity contribution in [1.29, 1.82) is 0 Å². The Kier molecular flexibility index (Phi) is 4.70. The summed E-state index contributed by atoms with van der Waals surface area (Å²) in [5, 5.41) is 10.4. The molecule has 131 valence electrons. The summed E-state index contributed by atoms with van der Waals surface area (Å²) >= 11 is 0. The highest BCUT2D eigenvalue weighted by molar-refractivity contribution is 7.91. The number of rotatable bonds is 5. The molecule has 3 heterocycles. The summed E-state index contributed by atoms with van der Waals surface area (Å²) in [5.41, 5.74) is 5.03. The number of aliphatic hydroxyl groups excluding tert-OH is 1. The van der Waals surface area contributed by atoms with Crippen molar-refractivity contribution in [3.05, 3.63) is 6.42 Å². The summed E-state index contributed by atoms with van der Waals surface area (Å²) in [6.45, 7) is 1.80. The topological polar surface area (TPSA) is 104 Å². The van der Waals surface area contributed by atoms with Gasteiger partial charge >= 0.3 is 0 Å². The molecule has 2 bridgehead atoms. The van der Waals surface area contributed by atoms with Crippen molar-refractivity contribution in [2.75, 3.05) is 37.7 Å². The summed E-state index contributed by atoms with van der Waals surface area (Å²) in [5.74, 6) is 0.0191. The maximum atomic E-state index is 12.0. The van der Waals surface area contributed by atoms with E-state index in [1.54, 1.807) is 0 Å². The van der Waals surface area contributed by atoms with Crippen LogP contribution in [-0.4, -0.2) is 84.6 Å². The average Bonchev–Trinajstić information content (AvgIpc) is 2.69. The summed E-state index contributed by atoms with van der Waals surface area (Å²) < 4.78 is 22.9. The van der Waals surface area contributed by atoms with Crippen LogP contribution >= 0.6 is 0 Å². The Morgan fingerprint density at radius 2 is 2.04 bits per heavy atom. The van der Waals surface area contributed by atoms with Crippen LogP contribution in [0.5, 0.6) is 0 Å². The molecule has 3 atom stereocenters. The first-order valence-corrected chi connectivity index (χ1v) is 10.1. The van der Waals surface area contributed by atoms with E-state index in [1.165, 1.54) is 0 Å². The number of hydrogen-bond donors (Lipinski definition) is 2. The van der Waals surface area contributed by atoms with Gasteiger partial charge in [-0.15, -0.1) is 0 Å². The zero-order chi connectivity index (χ0) is 16.7. The van der Waals surface area contributed by atoms with Crippen molar-refractivity contribution in [1.82, 2.24) is 9.80 Å². The number of hydrogen-bond acceptors (Lipinski definition) is 6. The first-order valence-electron chi connectivity index (χ1n) is 8.31. The quantitative estimate of drug-likeness (QED) is 0.647. The molecule has 0 aromatic carbocycles. The number of nitrogens with two attached hydrogens (primary N) is 1. The Morgan fingerprint density at radius 3 is 2.70 bits per heavy atom. The molecule has 0 spiro atoms. The molecule has 3 saturated heterocycles. The molecule has 23 heavy (non-hydrogen) atoms. The molecule has 0 aliphatic carbocycles. The van der Waals surface area contributed by atoms with E-state index in [4.69, 9.17) is 5.73 Å². The smallest absolute Gasteiger partial charge is 0.237 e. The largest absolute Gasteiger partial charge is 0.390 e. The summed E-state index contributed by atoms with van der Waals surface area (Å²) in [7, 11) is -2.91. The van der Waals surface area contributed by atoms with Crippen molar-refractivity contribution in [2.24, 2.45) is 5.73 Å². The molecule has 1 unspecified atom stereocenters. The van der Waals surface area contributed by atoms with Crippen molar-refractivity contribution < 1.29 is 18.3 Å². The molecule has 3 fully saturated rings. The zero-order valence-corrected chi connectivity index (χ0v) is 14.2. The van der Waals surface area contributed by atoms with Gasteiger partial charge in [0.25, 0.3) is 0 Å². The maximum Gasteiger partial charge on any atom is 0.237 e. The summed E-state index contributed by atoms with van der Waals surface area (Å²) in [6, 6.07) is 0.285. The second-order valence-electron chi connectivity index (χ2n) is 7.08. The fourth-order valence-electron chi connectivity index (χ4n) is 4.24. The number of carbonyl (C=O) groups is 1. The number of β-amino-alcohol motifs (C(OH)–C–C–N with tert-alkyl or cyclic N) is 1. The number of primary amides is 1. The highest BCUT2D eigenvalue weighted by Gasteiger charge is 2.52. The minimum absolute atomic E-state index is 0.159.